The van der Waals surface area contributed by atoms with Gasteiger partial charge >= 0.3 is 0 Å². The summed E-state index contributed by atoms with van der Waals surface area (Å²) in [6, 6.07) is 70.4. The SMILES string of the molecule is [C-]#[N+]c1ccc(-c2cc3c(-c4ccc5c(c4)c4ccccc4n5-c4ccccc4)nc(-n4c5ccccc5c5cc6ccccc6cc54)nc3cc2-c2ccccc2)cc1. The Morgan fingerprint density at radius 1 is 0.383 bits per heavy atom. The highest BCUT2D eigenvalue weighted by atomic mass is 15.2. The predicted molar refractivity (Wildman–Crippen MR) is 248 cm³/mol. The second kappa shape index (κ2) is 13.4. The minimum absolute atomic E-state index is 0.608. The van der Waals surface area contributed by atoms with E-state index in [1.54, 1.807) is 0 Å². The van der Waals surface area contributed by atoms with Gasteiger partial charge in [0.25, 0.3) is 0 Å². The normalized spacial score (nSPS) is 11.7. The van der Waals surface area contributed by atoms with Gasteiger partial charge in [-0.1, -0.05) is 140 Å². The van der Waals surface area contributed by atoms with Gasteiger partial charge in [0.15, 0.2) is 5.69 Å². The van der Waals surface area contributed by atoms with Crippen molar-refractivity contribution in [3.8, 4) is 45.1 Å². The molecule has 0 amide bonds. The maximum atomic E-state index is 7.61. The molecule has 0 saturated heterocycles. The zero-order valence-corrected chi connectivity index (χ0v) is 32.3. The molecule has 0 aliphatic carbocycles. The van der Waals surface area contributed by atoms with Crippen LogP contribution in [0.2, 0.25) is 0 Å². The van der Waals surface area contributed by atoms with Gasteiger partial charge in [-0.3, -0.25) is 4.57 Å². The fourth-order valence-corrected chi connectivity index (χ4v) is 9.14. The Labute approximate surface area is 345 Å². The minimum atomic E-state index is 0.608. The number of rotatable bonds is 5. The molecule has 5 nitrogen and oxygen atoms in total. The molecule has 60 heavy (non-hydrogen) atoms. The molecule has 0 N–H and O–H groups in total. The second-order valence-electron chi connectivity index (χ2n) is 15.3. The van der Waals surface area contributed by atoms with Crippen molar-refractivity contribution in [2.45, 2.75) is 0 Å². The van der Waals surface area contributed by atoms with E-state index in [0.29, 0.717) is 11.6 Å². The predicted octanol–water partition coefficient (Wildman–Crippen LogP) is 14.5. The lowest BCUT2D eigenvalue weighted by atomic mass is 9.91. The number of hydrogen-bond acceptors (Lipinski definition) is 2. The topological polar surface area (TPSA) is 40.0 Å². The Hall–Kier alpha value is -8.33. The maximum absolute atomic E-state index is 7.61. The Bertz CT molecular complexity index is 3700. The van der Waals surface area contributed by atoms with E-state index in [2.05, 4.69) is 184 Å². The van der Waals surface area contributed by atoms with Crippen molar-refractivity contribution < 1.29 is 0 Å². The molecule has 0 spiro atoms. The number of aromatic nitrogens is 4. The Morgan fingerprint density at radius 2 is 0.950 bits per heavy atom. The van der Waals surface area contributed by atoms with Crippen LogP contribution in [0.25, 0.3) is 115 Å². The molecule has 278 valence electrons. The molecule has 0 bridgehead atoms. The van der Waals surface area contributed by atoms with Crippen LogP contribution in [0.3, 0.4) is 0 Å². The molecule has 9 aromatic carbocycles. The van der Waals surface area contributed by atoms with E-state index in [1.807, 2.05) is 30.3 Å². The molecule has 0 atom stereocenters. The lowest BCUT2D eigenvalue weighted by molar-refractivity contribution is 1.01. The third-order valence-electron chi connectivity index (χ3n) is 11.9. The monoisotopic (exact) mass is 763 g/mol. The summed E-state index contributed by atoms with van der Waals surface area (Å²) in [5.74, 6) is 0.610. The van der Waals surface area contributed by atoms with Crippen LogP contribution in [-0.2, 0) is 0 Å². The fraction of sp³-hybridized carbons (Fsp3) is 0. The zero-order valence-electron chi connectivity index (χ0n) is 32.3. The molecule has 3 heterocycles. The van der Waals surface area contributed by atoms with Crippen LogP contribution in [0.1, 0.15) is 0 Å². The van der Waals surface area contributed by atoms with Gasteiger partial charge in [-0.05, 0) is 93.7 Å². The molecule has 0 unspecified atom stereocenters. The summed E-state index contributed by atoms with van der Waals surface area (Å²) in [5, 5.41) is 7.95. The van der Waals surface area contributed by atoms with E-state index in [4.69, 9.17) is 16.5 Å². The quantitative estimate of drug-likeness (QED) is 0.164. The summed E-state index contributed by atoms with van der Waals surface area (Å²) in [6.07, 6.45) is 0. The number of hydrogen-bond donors (Lipinski definition) is 0. The molecular formula is C55H33N5. The Morgan fingerprint density at radius 3 is 1.68 bits per heavy atom. The highest BCUT2D eigenvalue weighted by Gasteiger charge is 2.21. The van der Waals surface area contributed by atoms with Crippen molar-refractivity contribution in [2.75, 3.05) is 0 Å². The van der Waals surface area contributed by atoms with E-state index >= 15 is 0 Å². The first-order valence-corrected chi connectivity index (χ1v) is 20.1. The first kappa shape index (κ1) is 33.8. The van der Waals surface area contributed by atoms with E-state index in [-0.39, 0.29) is 0 Å². The third-order valence-corrected chi connectivity index (χ3v) is 11.9. The van der Waals surface area contributed by atoms with Gasteiger partial charge in [0.05, 0.1) is 39.8 Å². The van der Waals surface area contributed by atoms with Crippen molar-refractivity contribution in [1.29, 1.82) is 0 Å². The average Bonchev–Trinajstić information content (AvgIpc) is 3.82. The molecule has 0 saturated carbocycles. The minimum Gasteiger partial charge on any atom is -0.309 e. The van der Waals surface area contributed by atoms with Crippen molar-refractivity contribution in [3.05, 3.63) is 212 Å². The van der Waals surface area contributed by atoms with Crippen molar-refractivity contribution in [2.24, 2.45) is 0 Å². The number of nitrogens with zero attached hydrogens (tertiary/aromatic N) is 5. The molecule has 12 aromatic rings. The van der Waals surface area contributed by atoms with Crippen molar-refractivity contribution in [3.63, 3.8) is 0 Å². The highest BCUT2D eigenvalue weighted by molar-refractivity contribution is 6.14. The lowest BCUT2D eigenvalue weighted by Crippen LogP contribution is -2.04. The third kappa shape index (κ3) is 5.25. The van der Waals surface area contributed by atoms with Crippen molar-refractivity contribution in [1.82, 2.24) is 19.1 Å². The summed E-state index contributed by atoms with van der Waals surface area (Å²) in [6.45, 7) is 7.61. The van der Waals surface area contributed by atoms with Crippen LogP contribution in [-0.4, -0.2) is 19.1 Å². The second-order valence-corrected chi connectivity index (χ2v) is 15.3. The first-order chi connectivity index (χ1) is 29.7. The summed E-state index contributed by atoms with van der Waals surface area (Å²) < 4.78 is 4.58. The van der Waals surface area contributed by atoms with E-state index < -0.39 is 0 Å². The lowest BCUT2D eigenvalue weighted by Gasteiger charge is -2.17. The van der Waals surface area contributed by atoms with Crippen LogP contribution < -0.4 is 0 Å². The Balaban J connectivity index is 1.20. The van der Waals surface area contributed by atoms with E-state index in [9.17, 15) is 0 Å². The number of para-hydroxylation sites is 3. The van der Waals surface area contributed by atoms with Gasteiger partial charge in [-0.25, -0.2) is 14.8 Å². The van der Waals surface area contributed by atoms with Gasteiger partial charge in [0.1, 0.15) is 0 Å². The summed E-state index contributed by atoms with van der Waals surface area (Å²) in [7, 11) is 0. The molecular weight excluding hydrogens is 731 g/mol. The van der Waals surface area contributed by atoms with Crippen LogP contribution in [0.5, 0.6) is 0 Å². The van der Waals surface area contributed by atoms with Gasteiger partial charge in [-0.2, -0.15) is 0 Å². The molecule has 0 aliphatic rings. The van der Waals surface area contributed by atoms with Gasteiger partial charge < -0.3 is 4.57 Å². The molecule has 5 heteroatoms. The van der Waals surface area contributed by atoms with Crippen LogP contribution >= 0.6 is 0 Å². The summed E-state index contributed by atoms with van der Waals surface area (Å²) in [5.41, 5.74) is 13.0. The fourth-order valence-electron chi connectivity index (χ4n) is 9.14. The molecule has 0 aliphatic heterocycles. The summed E-state index contributed by atoms with van der Waals surface area (Å²) in [4.78, 5) is 14.8. The largest absolute Gasteiger partial charge is 0.309 e. The van der Waals surface area contributed by atoms with Gasteiger partial charge in [0, 0.05) is 38.2 Å². The average molecular weight is 764 g/mol. The highest BCUT2D eigenvalue weighted by Crippen LogP contribution is 2.42. The van der Waals surface area contributed by atoms with Crippen LogP contribution in [0.15, 0.2) is 200 Å². The number of fused-ring (bicyclic) bond motifs is 8. The van der Waals surface area contributed by atoms with Crippen LogP contribution in [0.4, 0.5) is 5.69 Å². The van der Waals surface area contributed by atoms with Gasteiger partial charge in [-0.15, -0.1) is 0 Å². The molecule has 12 rings (SSSR count). The summed E-state index contributed by atoms with van der Waals surface area (Å²) >= 11 is 0. The Kier molecular flexibility index (Phi) is 7.53. The zero-order chi connectivity index (χ0) is 39.7. The van der Waals surface area contributed by atoms with E-state index in [0.717, 1.165) is 93.7 Å². The first-order valence-electron chi connectivity index (χ1n) is 20.1. The van der Waals surface area contributed by atoms with Gasteiger partial charge in [0.2, 0.25) is 5.95 Å². The standard InChI is InChI=1S/C55H33N5/c1-56-40-27-24-36(25-28-40)44-33-48-49(34-45(44)35-14-4-2-5-15-35)57-55(60-51-23-13-11-21-43(51)47-30-37-16-8-9-17-38(37)32-53(47)60)58-54(48)39-26-29-52-46(31-39)42-20-10-12-22-50(42)59(52)41-18-6-3-7-19-41/h2-34H. The van der Waals surface area contributed by atoms with Crippen LogP contribution in [0, 0.1) is 6.57 Å². The molecule has 0 fully saturated rings. The maximum Gasteiger partial charge on any atom is 0.235 e. The number of benzene rings is 9. The van der Waals surface area contributed by atoms with Crippen molar-refractivity contribution >= 4 is 71.0 Å². The molecule has 0 radical (unpaired) electrons. The van der Waals surface area contributed by atoms with E-state index in [1.165, 1.54) is 10.8 Å². The molecule has 3 aromatic heterocycles. The smallest absolute Gasteiger partial charge is 0.235 e.